The molecule has 0 unspecified atom stereocenters. The molecular formula is C19H15NOS2. The molecule has 114 valence electrons. The Balaban J connectivity index is 1.82. The van der Waals surface area contributed by atoms with Gasteiger partial charge in [0.2, 0.25) is 0 Å². The van der Waals surface area contributed by atoms with Crippen molar-refractivity contribution in [2.75, 3.05) is 6.54 Å². The molecule has 0 saturated carbocycles. The van der Waals surface area contributed by atoms with E-state index >= 15 is 0 Å². The van der Waals surface area contributed by atoms with Gasteiger partial charge in [-0.3, -0.25) is 9.69 Å². The van der Waals surface area contributed by atoms with Gasteiger partial charge in [0.25, 0.3) is 5.91 Å². The number of hydrogen-bond donors (Lipinski definition) is 0. The van der Waals surface area contributed by atoms with E-state index < -0.39 is 0 Å². The van der Waals surface area contributed by atoms with Gasteiger partial charge in [-0.05, 0) is 22.8 Å². The monoisotopic (exact) mass is 337 g/mol. The summed E-state index contributed by atoms with van der Waals surface area (Å²) in [5.41, 5.74) is 3.32. The van der Waals surface area contributed by atoms with Crippen LogP contribution >= 0.6 is 24.0 Å². The minimum absolute atomic E-state index is 0.0490. The van der Waals surface area contributed by atoms with Gasteiger partial charge in [-0.15, -0.1) is 6.58 Å². The van der Waals surface area contributed by atoms with Crippen molar-refractivity contribution in [3.8, 4) is 11.1 Å². The lowest BCUT2D eigenvalue weighted by Gasteiger charge is -2.10. The number of benzene rings is 2. The zero-order chi connectivity index (χ0) is 16.2. The molecular weight excluding hydrogens is 322 g/mol. The zero-order valence-corrected chi connectivity index (χ0v) is 14.1. The lowest BCUT2D eigenvalue weighted by atomic mass is 10.0. The highest BCUT2D eigenvalue weighted by Gasteiger charge is 2.30. The van der Waals surface area contributed by atoms with Crippen LogP contribution in [0.15, 0.2) is 72.2 Å². The van der Waals surface area contributed by atoms with Crippen molar-refractivity contribution < 1.29 is 4.79 Å². The molecule has 2 aromatic carbocycles. The van der Waals surface area contributed by atoms with E-state index in [1.54, 1.807) is 11.0 Å². The van der Waals surface area contributed by atoms with Crippen molar-refractivity contribution >= 4 is 40.3 Å². The Morgan fingerprint density at radius 2 is 1.70 bits per heavy atom. The zero-order valence-electron chi connectivity index (χ0n) is 12.4. The molecule has 0 N–H and O–H groups in total. The predicted molar refractivity (Wildman–Crippen MR) is 102 cm³/mol. The summed E-state index contributed by atoms with van der Waals surface area (Å²) in [6.45, 7) is 4.11. The van der Waals surface area contributed by atoms with Crippen LogP contribution in [0.4, 0.5) is 0 Å². The molecule has 0 radical (unpaired) electrons. The average molecular weight is 337 g/mol. The maximum Gasteiger partial charge on any atom is 0.266 e. The van der Waals surface area contributed by atoms with Crippen molar-refractivity contribution in [2.45, 2.75) is 0 Å². The Morgan fingerprint density at radius 3 is 2.35 bits per heavy atom. The van der Waals surface area contributed by atoms with Gasteiger partial charge in [-0.25, -0.2) is 0 Å². The Morgan fingerprint density at radius 1 is 1.04 bits per heavy atom. The van der Waals surface area contributed by atoms with Crippen molar-refractivity contribution in [3.05, 3.63) is 77.7 Å². The van der Waals surface area contributed by atoms with Crippen molar-refractivity contribution in [2.24, 2.45) is 0 Å². The number of thioether (sulfide) groups is 1. The number of carbonyl (C=O) groups excluding carboxylic acids is 1. The number of amides is 1. The Hall–Kier alpha value is -2.17. The minimum Gasteiger partial charge on any atom is -0.289 e. The smallest absolute Gasteiger partial charge is 0.266 e. The van der Waals surface area contributed by atoms with Crippen molar-refractivity contribution in [3.63, 3.8) is 0 Å². The molecule has 2 aromatic rings. The van der Waals surface area contributed by atoms with Crippen LogP contribution in [0.5, 0.6) is 0 Å². The summed E-state index contributed by atoms with van der Waals surface area (Å²) in [6.07, 6.45) is 3.57. The summed E-state index contributed by atoms with van der Waals surface area (Å²) in [5.74, 6) is -0.0490. The van der Waals surface area contributed by atoms with Gasteiger partial charge in [0, 0.05) is 6.54 Å². The van der Waals surface area contributed by atoms with E-state index in [4.69, 9.17) is 12.2 Å². The molecule has 1 amide bonds. The van der Waals surface area contributed by atoms with Crippen LogP contribution in [0.25, 0.3) is 17.2 Å². The van der Waals surface area contributed by atoms with E-state index in [1.165, 1.54) is 17.3 Å². The minimum atomic E-state index is -0.0490. The van der Waals surface area contributed by atoms with Crippen LogP contribution in [0.3, 0.4) is 0 Å². The molecule has 1 fully saturated rings. The summed E-state index contributed by atoms with van der Waals surface area (Å²) in [7, 11) is 0. The van der Waals surface area contributed by atoms with Gasteiger partial charge in [0.1, 0.15) is 4.32 Å². The van der Waals surface area contributed by atoms with Crippen molar-refractivity contribution in [1.82, 2.24) is 4.90 Å². The van der Waals surface area contributed by atoms with E-state index in [9.17, 15) is 4.79 Å². The quantitative estimate of drug-likeness (QED) is 0.456. The Bertz CT molecular complexity index is 779. The number of thiocarbonyl (C=S) groups is 1. The molecule has 23 heavy (non-hydrogen) atoms. The largest absolute Gasteiger partial charge is 0.289 e. The summed E-state index contributed by atoms with van der Waals surface area (Å²) in [6, 6.07) is 18.4. The standard InChI is InChI=1S/C19H15NOS2/c1-2-12-20-18(21)17(23-19(20)22)13-14-8-10-16(11-9-14)15-6-4-3-5-7-15/h2-11,13H,1,12H2/b17-13-. The summed E-state index contributed by atoms with van der Waals surface area (Å²) >= 11 is 6.58. The number of carbonyl (C=O) groups is 1. The third kappa shape index (κ3) is 3.44. The highest BCUT2D eigenvalue weighted by molar-refractivity contribution is 8.26. The van der Waals surface area contributed by atoms with Gasteiger partial charge >= 0.3 is 0 Å². The number of nitrogens with zero attached hydrogens (tertiary/aromatic N) is 1. The van der Waals surface area contributed by atoms with Crippen LogP contribution in [0.1, 0.15) is 5.56 Å². The Kier molecular flexibility index (Phi) is 4.74. The number of rotatable bonds is 4. The van der Waals surface area contributed by atoms with Crippen LogP contribution in [0, 0.1) is 0 Å². The molecule has 1 aliphatic rings. The molecule has 1 heterocycles. The van der Waals surface area contributed by atoms with Crippen LogP contribution in [0.2, 0.25) is 0 Å². The van der Waals surface area contributed by atoms with Crippen LogP contribution in [-0.4, -0.2) is 21.7 Å². The highest BCUT2D eigenvalue weighted by atomic mass is 32.2. The van der Waals surface area contributed by atoms with E-state index in [0.29, 0.717) is 15.8 Å². The normalized spacial score (nSPS) is 16.2. The molecule has 2 nitrogen and oxygen atoms in total. The average Bonchev–Trinajstić information content (AvgIpc) is 2.84. The van der Waals surface area contributed by atoms with Crippen molar-refractivity contribution in [1.29, 1.82) is 0 Å². The second kappa shape index (κ2) is 6.94. The van der Waals surface area contributed by atoms with Crippen LogP contribution < -0.4 is 0 Å². The highest BCUT2D eigenvalue weighted by Crippen LogP contribution is 2.32. The fourth-order valence-corrected chi connectivity index (χ4v) is 3.62. The summed E-state index contributed by atoms with van der Waals surface area (Å²) < 4.78 is 0.585. The van der Waals surface area contributed by atoms with E-state index in [-0.39, 0.29) is 5.91 Å². The summed E-state index contributed by atoms with van der Waals surface area (Å²) in [4.78, 5) is 14.5. The Labute approximate surface area is 145 Å². The van der Waals surface area contributed by atoms with Gasteiger partial charge in [-0.2, -0.15) is 0 Å². The fraction of sp³-hybridized carbons (Fsp3) is 0.0526. The van der Waals surface area contributed by atoms with Crippen LogP contribution in [-0.2, 0) is 4.79 Å². The van der Waals surface area contributed by atoms with E-state index in [1.807, 2.05) is 36.4 Å². The molecule has 0 spiro atoms. The van der Waals surface area contributed by atoms with Gasteiger partial charge in [0.15, 0.2) is 0 Å². The molecule has 4 heteroatoms. The SMILES string of the molecule is C=CCN1C(=O)/C(=C/c2ccc(-c3ccccc3)cc2)SC1=S. The predicted octanol–water partition coefficient (Wildman–Crippen LogP) is 4.74. The molecule has 1 aliphatic heterocycles. The molecule has 0 aromatic heterocycles. The fourth-order valence-electron chi connectivity index (χ4n) is 2.34. The maximum atomic E-state index is 12.3. The van der Waals surface area contributed by atoms with E-state index in [0.717, 1.165) is 11.1 Å². The van der Waals surface area contributed by atoms with Gasteiger partial charge in [-0.1, -0.05) is 84.7 Å². The first-order chi connectivity index (χ1) is 11.2. The first-order valence-electron chi connectivity index (χ1n) is 7.21. The molecule has 3 rings (SSSR count). The molecule has 0 atom stereocenters. The topological polar surface area (TPSA) is 20.3 Å². The lowest BCUT2D eigenvalue weighted by molar-refractivity contribution is -0.121. The lowest BCUT2D eigenvalue weighted by Crippen LogP contribution is -2.27. The summed E-state index contributed by atoms with van der Waals surface area (Å²) in [5, 5.41) is 0. The second-order valence-electron chi connectivity index (χ2n) is 5.07. The first kappa shape index (κ1) is 15.7. The third-order valence-corrected chi connectivity index (χ3v) is 4.88. The van der Waals surface area contributed by atoms with Gasteiger partial charge < -0.3 is 0 Å². The van der Waals surface area contributed by atoms with Gasteiger partial charge in [0.05, 0.1) is 4.91 Å². The third-order valence-electron chi connectivity index (χ3n) is 3.50. The van der Waals surface area contributed by atoms with E-state index in [2.05, 4.69) is 30.8 Å². The maximum absolute atomic E-state index is 12.3. The molecule has 0 aliphatic carbocycles. The molecule has 0 bridgehead atoms. The molecule has 1 saturated heterocycles. The number of hydrogen-bond acceptors (Lipinski definition) is 3. The second-order valence-corrected chi connectivity index (χ2v) is 6.74. The first-order valence-corrected chi connectivity index (χ1v) is 8.43.